The van der Waals surface area contributed by atoms with E-state index in [0.29, 0.717) is 22.2 Å². The average molecular weight is 397 g/mol. The minimum Gasteiger partial charge on any atom is -0.308 e. The Hall–Kier alpha value is -1.57. The first-order chi connectivity index (χ1) is 12.0. The number of aromatic nitrogens is 1. The highest BCUT2D eigenvalue weighted by molar-refractivity contribution is 8.00. The molecule has 1 aliphatic rings. The molecule has 0 aliphatic carbocycles. The zero-order chi connectivity index (χ0) is 17.9. The Morgan fingerprint density at radius 1 is 1.24 bits per heavy atom. The summed E-state index contributed by atoms with van der Waals surface area (Å²) in [4.78, 5) is 18.6. The first-order valence-corrected chi connectivity index (χ1v) is 11.0. The number of anilines is 1. The Morgan fingerprint density at radius 2 is 2.00 bits per heavy atom. The first-order valence-electron chi connectivity index (χ1n) is 7.77. The zero-order valence-electron chi connectivity index (χ0n) is 13.3. The highest BCUT2D eigenvalue weighted by atomic mass is 35.5. The first kappa shape index (κ1) is 18.2. The lowest BCUT2D eigenvalue weighted by Crippen LogP contribution is -2.42. The molecule has 1 fully saturated rings. The molecule has 2 aromatic rings. The average Bonchev–Trinajstić information content (AvgIpc) is 2.95. The fraction of sp³-hybridized carbons (Fsp3) is 0.294. The Kier molecular flexibility index (Phi) is 5.66. The molecule has 1 aliphatic heterocycles. The van der Waals surface area contributed by atoms with Crippen molar-refractivity contribution in [2.24, 2.45) is 0 Å². The summed E-state index contributed by atoms with van der Waals surface area (Å²) in [7, 11) is -3.09. The second-order valence-corrected chi connectivity index (χ2v) is 9.34. The second-order valence-electron chi connectivity index (χ2n) is 5.74. The lowest BCUT2D eigenvalue weighted by Gasteiger charge is -2.28. The summed E-state index contributed by atoms with van der Waals surface area (Å²) in [5, 5.41) is 1.08. The highest BCUT2D eigenvalue weighted by Gasteiger charge is 2.35. The van der Waals surface area contributed by atoms with Gasteiger partial charge in [0.25, 0.3) is 0 Å². The van der Waals surface area contributed by atoms with Gasteiger partial charge in [-0.25, -0.2) is 13.4 Å². The molecule has 0 spiro atoms. The van der Waals surface area contributed by atoms with Crippen molar-refractivity contribution < 1.29 is 13.2 Å². The number of hydrogen-bond donors (Lipinski definition) is 0. The second kappa shape index (κ2) is 7.76. The number of hydrogen-bond acceptors (Lipinski definition) is 5. The van der Waals surface area contributed by atoms with E-state index in [9.17, 15) is 13.2 Å². The molecule has 2 heterocycles. The maximum Gasteiger partial charge on any atom is 0.237 e. The molecule has 25 heavy (non-hydrogen) atoms. The molecule has 1 aromatic heterocycles. The van der Waals surface area contributed by atoms with Crippen molar-refractivity contribution in [3.8, 4) is 0 Å². The number of halogens is 1. The van der Waals surface area contributed by atoms with Crippen LogP contribution in [0, 0.1) is 0 Å². The van der Waals surface area contributed by atoms with Gasteiger partial charge >= 0.3 is 0 Å². The summed E-state index contributed by atoms with van der Waals surface area (Å²) >= 11 is 7.33. The summed E-state index contributed by atoms with van der Waals surface area (Å²) in [6.07, 6.45) is 2.08. The van der Waals surface area contributed by atoms with Crippen molar-refractivity contribution in [1.82, 2.24) is 4.98 Å². The van der Waals surface area contributed by atoms with E-state index in [1.165, 1.54) is 11.8 Å². The van der Waals surface area contributed by atoms with Crippen molar-refractivity contribution in [2.75, 3.05) is 22.2 Å². The van der Waals surface area contributed by atoms with Crippen molar-refractivity contribution in [1.29, 1.82) is 0 Å². The third-order valence-electron chi connectivity index (χ3n) is 3.93. The number of benzene rings is 1. The van der Waals surface area contributed by atoms with Gasteiger partial charge in [0, 0.05) is 11.9 Å². The number of carbonyl (C=O) groups excluding carboxylic acids is 1. The fourth-order valence-corrected chi connectivity index (χ4v) is 5.53. The lowest BCUT2D eigenvalue weighted by atomic mass is 10.2. The van der Waals surface area contributed by atoms with Crippen LogP contribution < -0.4 is 4.90 Å². The van der Waals surface area contributed by atoms with E-state index in [2.05, 4.69) is 4.98 Å². The van der Waals surface area contributed by atoms with Gasteiger partial charge in [-0.3, -0.25) is 4.79 Å². The third-order valence-corrected chi connectivity index (χ3v) is 7.09. The number of thioether (sulfide) groups is 1. The van der Waals surface area contributed by atoms with Gasteiger partial charge in [-0.05, 0) is 30.7 Å². The van der Waals surface area contributed by atoms with Crippen LogP contribution in [0.25, 0.3) is 0 Å². The number of amides is 1. The minimum atomic E-state index is -3.09. The molecule has 0 N–H and O–H groups in total. The third kappa shape index (κ3) is 4.54. The van der Waals surface area contributed by atoms with Crippen molar-refractivity contribution >= 4 is 44.8 Å². The molecule has 1 saturated heterocycles. The maximum absolute atomic E-state index is 12.9. The topological polar surface area (TPSA) is 67.3 Å². The summed E-state index contributed by atoms with van der Waals surface area (Å²) in [6, 6.07) is 12.3. The van der Waals surface area contributed by atoms with Gasteiger partial charge < -0.3 is 4.90 Å². The molecule has 0 radical (unpaired) electrons. The molecule has 0 bridgehead atoms. The molecule has 1 amide bonds. The number of rotatable bonds is 5. The Labute approximate surface area is 156 Å². The van der Waals surface area contributed by atoms with Gasteiger partial charge in [-0.1, -0.05) is 41.6 Å². The van der Waals surface area contributed by atoms with Crippen LogP contribution in [0.2, 0.25) is 5.02 Å². The minimum absolute atomic E-state index is 0.00262. The number of pyridine rings is 1. The molecule has 1 unspecified atom stereocenters. The number of carbonyl (C=O) groups is 1. The standard InChI is InChI=1S/C17H17ClN2O3S2/c18-15-7-4-9-19-17(15)24-11-16(21)20(13-5-2-1-3-6-13)14-8-10-25(22,23)12-14/h1-7,9,14H,8,10-12H2. The molecule has 1 atom stereocenters. The smallest absolute Gasteiger partial charge is 0.237 e. The monoisotopic (exact) mass is 396 g/mol. The summed E-state index contributed by atoms with van der Waals surface area (Å²) in [6.45, 7) is 0. The molecule has 8 heteroatoms. The summed E-state index contributed by atoms with van der Waals surface area (Å²) in [5.41, 5.74) is 0.710. The van der Waals surface area contributed by atoms with E-state index in [-0.39, 0.29) is 29.2 Å². The maximum atomic E-state index is 12.9. The van der Waals surface area contributed by atoms with Gasteiger partial charge in [-0.15, -0.1) is 0 Å². The molecular formula is C17H17ClN2O3S2. The van der Waals surface area contributed by atoms with Crippen LogP contribution in [-0.2, 0) is 14.6 Å². The van der Waals surface area contributed by atoms with Crippen molar-refractivity contribution in [2.45, 2.75) is 17.5 Å². The normalized spacial score (nSPS) is 18.8. The van der Waals surface area contributed by atoms with Crippen LogP contribution in [0.3, 0.4) is 0 Å². The Bertz CT molecular complexity index is 859. The Balaban J connectivity index is 1.79. The van der Waals surface area contributed by atoms with Gasteiger partial charge in [-0.2, -0.15) is 0 Å². The van der Waals surface area contributed by atoms with E-state index in [1.807, 2.05) is 30.3 Å². The lowest BCUT2D eigenvalue weighted by molar-refractivity contribution is -0.116. The Morgan fingerprint density at radius 3 is 2.64 bits per heavy atom. The molecule has 5 nitrogen and oxygen atoms in total. The largest absolute Gasteiger partial charge is 0.308 e. The van der Waals surface area contributed by atoms with Gasteiger partial charge in [0.15, 0.2) is 9.84 Å². The van der Waals surface area contributed by atoms with Crippen molar-refractivity contribution in [3.05, 3.63) is 53.7 Å². The molecule has 0 saturated carbocycles. The van der Waals surface area contributed by atoms with E-state index in [0.717, 1.165) is 0 Å². The van der Waals surface area contributed by atoms with Crippen LogP contribution in [-0.4, -0.2) is 42.6 Å². The van der Waals surface area contributed by atoms with Crippen LogP contribution in [0.15, 0.2) is 53.7 Å². The van der Waals surface area contributed by atoms with E-state index in [1.54, 1.807) is 23.2 Å². The molecule has 3 rings (SSSR count). The molecular weight excluding hydrogens is 380 g/mol. The number of nitrogens with zero attached hydrogens (tertiary/aromatic N) is 2. The number of sulfone groups is 1. The van der Waals surface area contributed by atoms with Crippen LogP contribution in [0.5, 0.6) is 0 Å². The predicted octanol–water partition coefficient (Wildman–Crippen LogP) is 3.05. The van der Waals surface area contributed by atoms with Gasteiger partial charge in [0.1, 0.15) is 5.03 Å². The summed E-state index contributed by atoms with van der Waals surface area (Å²) in [5.74, 6) is 0.109. The zero-order valence-corrected chi connectivity index (χ0v) is 15.7. The van der Waals surface area contributed by atoms with E-state index >= 15 is 0 Å². The van der Waals surface area contributed by atoms with Gasteiger partial charge in [0.05, 0.1) is 28.3 Å². The van der Waals surface area contributed by atoms with E-state index < -0.39 is 9.84 Å². The SMILES string of the molecule is O=C(CSc1ncccc1Cl)N(c1ccccc1)C1CCS(=O)(=O)C1. The highest BCUT2D eigenvalue weighted by Crippen LogP contribution is 2.28. The van der Waals surface area contributed by atoms with Crippen molar-refractivity contribution in [3.63, 3.8) is 0 Å². The number of para-hydroxylation sites is 1. The fourth-order valence-electron chi connectivity index (χ4n) is 2.80. The van der Waals surface area contributed by atoms with Crippen LogP contribution in [0.4, 0.5) is 5.69 Å². The summed E-state index contributed by atoms with van der Waals surface area (Å²) < 4.78 is 23.7. The molecule has 132 valence electrons. The molecule has 1 aromatic carbocycles. The van der Waals surface area contributed by atoms with E-state index in [4.69, 9.17) is 11.6 Å². The quantitative estimate of drug-likeness (QED) is 0.726. The predicted molar refractivity (Wildman–Crippen MR) is 101 cm³/mol. The van der Waals surface area contributed by atoms with Crippen LogP contribution >= 0.6 is 23.4 Å². The van der Waals surface area contributed by atoms with Gasteiger partial charge in [0.2, 0.25) is 5.91 Å². The van der Waals surface area contributed by atoms with Crippen LogP contribution in [0.1, 0.15) is 6.42 Å².